The van der Waals surface area contributed by atoms with Gasteiger partial charge in [-0.2, -0.15) is 0 Å². The van der Waals surface area contributed by atoms with Crippen molar-refractivity contribution in [2.75, 3.05) is 24.1 Å². The third-order valence-corrected chi connectivity index (χ3v) is 6.11. The van der Waals surface area contributed by atoms with E-state index in [2.05, 4.69) is 4.72 Å². The fraction of sp³-hybridized carbons (Fsp3) is 0.364. The number of sulfonamides is 1. The van der Waals surface area contributed by atoms with Gasteiger partial charge in [-0.05, 0) is 75.3 Å². The number of Topliss-reactive ketones (excluding diaryl/α,β-unsaturated/α-hetero) is 2. The number of carbonyl (C=O) groups excluding carboxylic acids is 2. The number of nitrogens with zero attached hydrogens (tertiary/aromatic N) is 1. The summed E-state index contributed by atoms with van der Waals surface area (Å²) < 4.78 is 51.4. The van der Waals surface area contributed by atoms with Crippen LogP contribution in [0.3, 0.4) is 0 Å². The van der Waals surface area contributed by atoms with Crippen LogP contribution in [0.1, 0.15) is 40.5 Å². The Labute approximate surface area is 180 Å². The number of anilines is 1. The number of ketones is 2. The van der Waals surface area contributed by atoms with Crippen LogP contribution in [0, 0.1) is 17.6 Å². The van der Waals surface area contributed by atoms with Crippen molar-refractivity contribution in [2.24, 2.45) is 5.92 Å². The molecule has 1 unspecified atom stereocenters. The summed E-state index contributed by atoms with van der Waals surface area (Å²) in [6, 6.07) is 8.99. The molecule has 1 saturated heterocycles. The number of hydrogen-bond acceptors (Lipinski definition) is 5. The van der Waals surface area contributed by atoms with Gasteiger partial charge in [0.1, 0.15) is 0 Å². The van der Waals surface area contributed by atoms with E-state index in [1.54, 1.807) is 19.1 Å². The fourth-order valence-corrected chi connectivity index (χ4v) is 4.32. The van der Waals surface area contributed by atoms with Crippen LogP contribution in [0.2, 0.25) is 0 Å². The standard InChI is InChI=1S/C22H24F2N2O4S/c1-14(21(27)15-3-6-18(7-4-15)25-31(2,29)30)26-11-9-16(10-12-26)22(28)17-5-8-19(23)20(24)13-17/h3-8,13-14,16,25H,9-12H2,1-2H3. The summed E-state index contributed by atoms with van der Waals surface area (Å²) in [5.41, 5.74) is 0.999. The Morgan fingerprint density at radius 2 is 1.58 bits per heavy atom. The number of halogens is 2. The second-order valence-electron chi connectivity index (χ2n) is 7.80. The quantitative estimate of drug-likeness (QED) is 0.653. The van der Waals surface area contributed by atoms with E-state index in [4.69, 9.17) is 0 Å². The molecule has 2 aromatic carbocycles. The first kappa shape index (κ1) is 23.0. The van der Waals surface area contributed by atoms with Crippen LogP contribution in [0.4, 0.5) is 14.5 Å². The lowest BCUT2D eigenvalue weighted by atomic mass is 9.88. The van der Waals surface area contributed by atoms with Crippen molar-refractivity contribution in [1.82, 2.24) is 4.90 Å². The molecule has 1 heterocycles. The van der Waals surface area contributed by atoms with Crippen molar-refractivity contribution in [3.8, 4) is 0 Å². The van der Waals surface area contributed by atoms with Gasteiger partial charge in [0.05, 0.1) is 12.3 Å². The first-order valence-electron chi connectivity index (χ1n) is 9.90. The lowest BCUT2D eigenvalue weighted by molar-refractivity contribution is 0.0713. The monoisotopic (exact) mass is 450 g/mol. The second-order valence-corrected chi connectivity index (χ2v) is 9.54. The number of piperidine rings is 1. The van der Waals surface area contributed by atoms with E-state index >= 15 is 0 Å². The Bertz CT molecular complexity index is 1080. The first-order chi connectivity index (χ1) is 14.5. The Hall–Kier alpha value is -2.65. The van der Waals surface area contributed by atoms with Crippen LogP contribution in [0.5, 0.6) is 0 Å². The average molecular weight is 451 g/mol. The Morgan fingerprint density at radius 3 is 2.13 bits per heavy atom. The van der Waals surface area contributed by atoms with Crippen LogP contribution in [0.15, 0.2) is 42.5 Å². The molecule has 9 heteroatoms. The van der Waals surface area contributed by atoms with E-state index in [0.29, 0.717) is 37.2 Å². The van der Waals surface area contributed by atoms with Gasteiger partial charge in [-0.15, -0.1) is 0 Å². The van der Waals surface area contributed by atoms with E-state index in [-0.39, 0.29) is 23.0 Å². The van der Waals surface area contributed by atoms with Crippen molar-refractivity contribution in [3.05, 3.63) is 65.2 Å². The lowest BCUT2D eigenvalue weighted by Gasteiger charge is -2.34. The van der Waals surface area contributed by atoms with Crippen LogP contribution in [0.25, 0.3) is 0 Å². The summed E-state index contributed by atoms with van der Waals surface area (Å²) in [5.74, 6) is -2.65. The molecule has 0 spiro atoms. The molecule has 0 bridgehead atoms. The minimum Gasteiger partial charge on any atom is -0.294 e. The van der Waals surface area contributed by atoms with Gasteiger partial charge in [0.15, 0.2) is 23.2 Å². The highest BCUT2D eigenvalue weighted by Gasteiger charge is 2.30. The molecule has 0 aliphatic carbocycles. The zero-order valence-corrected chi connectivity index (χ0v) is 18.1. The number of benzene rings is 2. The summed E-state index contributed by atoms with van der Waals surface area (Å²) >= 11 is 0. The maximum absolute atomic E-state index is 13.4. The van der Waals surface area contributed by atoms with Gasteiger partial charge in [-0.25, -0.2) is 17.2 Å². The van der Waals surface area contributed by atoms with Crippen molar-refractivity contribution in [2.45, 2.75) is 25.8 Å². The molecule has 1 fully saturated rings. The minimum absolute atomic E-state index is 0.101. The van der Waals surface area contributed by atoms with E-state index < -0.39 is 27.7 Å². The summed E-state index contributed by atoms with van der Waals surface area (Å²) in [6.45, 7) is 2.85. The third kappa shape index (κ3) is 5.74. The highest BCUT2D eigenvalue weighted by molar-refractivity contribution is 7.92. The van der Waals surface area contributed by atoms with Gasteiger partial charge in [0.25, 0.3) is 0 Å². The zero-order chi connectivity index (χ0) is 22.8. The molecular formula is C22H24F2N2O4S. The molecule has 6 nitrogen and oxygen atoms in total. The highest BCUT2D eigenvalue weighted by Crippen LogP contribution is 2.25. The number of hydrogen-bond donors (Lipinski definition) is 1. The third-order valence-electron chi connectivity index (χ3n) is 5.50. The lowest BCUT2D eigenvalue weighted by Crippen LogP contribution is -2.45. The molecule has 1 atom stereocenters. The molecule has 3 rings (SSSR count). The minimum atomic E-state index is -3.39. The molecule has 1 N–H and O–H groups in total. The number of nitrogens with one attached hydrogen (secondary N) is 1. The van der Waals surface area contributed by atoms with Gasteiger partial charge in [-0.1, -0.05) is 0 Å². The van der Waals surface area contributed by atoms with Crippen molar-refractivity contribution >= 4 is 27.3 Å². The maximum atomic E-state index is 13.4. The Balaban J connectivity index is 1.59. The molecule has 0 radical (unpaired) electrons. The highest BCUT2D eigenvalue weighted by atomic mass is 32.2. The summed E-state index contributed by atoms with van der Waals surface area (Å²) in [7, 11) is -3.39. The predicted octanol–water partition coefficient (Wildman–Crippen LogP) is 3.50. The normalized spacial score (nSPS) is 16.6. The molecular weight excluding hydrogens is 426 g/mol. The van der Waals surface area contributed by atoms with Crippen LogP contribution >= 0.6 is 0 Å². The molecule has 0 aromatic heterocycles. The van der Waals surface area contributed by atoms with Crippen molar-refractivity contribution in [3.63, 3.8) is 0 Å². The topological polar surface area (TPSA) is 83.6 Å². The van der Waals surface area contributed by atoms with Crippen LogP contribution in [-0.4, -0.2) is 50.3 Å². The molecule has 0 saturated carbocycles. The number of carbonyl (C=O) groups is 2. The SMILES string of the molecule is CC(C(=O)c1ccc(NS(C)(=O)=O)cc1)N1CCC(C(=O)c2ccc(F)c(F)c2)CC1. The molecule has 1 aliphatic rings. The second kappa shape index (κ2) is 9.23. The van der Waals surface area contributed by atoms with E-state index in [1.165, 1.54) is 18.2 Å². The van der Waals surface area contributed by atoms with E-state index in [9.17, 15) is 26.8 Å². The predicted molar refractivity (Wildman–Crippen MR) is 114 cm³/mol. The molecule has 2 aromatic rings. The maximum Gasteiger partial charge on any atom is 0.229 e. The zero-order valence-electron chi connectivity index (χ0n) is 17.3. The molecule has 0 amide bonds. The summed E-state index contributed by atoms with van der Waals surface area (Å²) in [6.07, 6.45) is 2.09. The fourth-order valence-electron chi connectivity index (χ4n) is 3.76. The van der Waals surface area contributed by atoms with Gasteiger partial charge in [0, 0.05) is 22.7 Å². The first-order valence-corrected chi connectivity index (χ1v) is 11.8. The average Bonchev–Trinajstić information content (AvgIpc) is 2.73. The van der Waals surface area contributed by atoms with Gasteiger partial charge >= 0.3 is 0 Å². The van der Waals surface area contributed by atoms with E-state index in [1.807, 2.05) is 4.90 Å². The van der Waals surface area contributed by atoms with Gasteiger partial charge in [0.2, 0.25) is 10.0 Å². The number of likely N-dealkylation sites (tertiary alicyclic amines) is 1. The van der Waals surface area contributed by atoms with Crippen molar-refractivity contribution in [1.29, 1.82) is 0 Å². The van der Waals surface area contributed by atoms with Crippen molar-refractivity contribution < 1.29 is 26.8 Å². The van der Waals surface area contributed by atoms with E-state index in [0.717, 1.165) is 18.4 Å². The smallest absolute Gasteiger partial charge is 0.229 e. The van der Waals surface area contributed by atoms with Crippen LogP contribution in [-0.2, 0) is 10.0 Å². The molecule has 1 aliphatic heterocycles. The summed E-state index contributed by atoms with van der Waals surface area (Å²) in [4.78, 5) is 27.4. The largest absolute Gasteiger partial charge is 0.294 e. The van der Waals surface area contributed by atoms with Gasteiger partial charge in [-0.3, -0.25) is 19.2 Å². The van der Waals surface area contributed by atoms with Crippen LogP contribution < -0.4 is 4.72 Å². The van der Waals surface area contributed by atoms with Gasteiger partial charge < -0.3 is 0 Å². The molecule has 31 heavy (non-hydrogen) atoms. The Kier molecular flexibility index (Phi) is 6.86. The number of rotatable bonds is 7. The Morgan fingerprint density at radius 1 is 1.00 bits per heavy atom. The summed E-state index contributed by atoms with van der Waals surface area (Å²) in [5, 5.41) is 0. The molecule has 166 valence electrons.